The summed E-state index contributed by atoms with van der Waals surface area (Å²) in [6.07, 6.45) is 13.4. The number of unbranched alkanes of at least 4 members (excludes halogenated alkanes) is 8. The third kappa shape index (κ3) is 19.0. The van der Waals surface area contributed by atoms with Gasteiger partial charge in [0, 0.05) is 58.3 Å². The normalized spacial score (nSPS) is 13.5. The van der Waals surface area contributed by atoms with Crippen LogP contribution in [0.4, 0.5) is 11.4 Å². The summed E-state index contributed by atoms with van der Waals surface area (Å²) < 4.78 is 0. The molecule has 9 rings (SSSR count). The molecule has 1 fully saturated rings. The number of rotatable bonds is 20. The van der Waals surface area contributed by atoms with E-state index in [0.717, 1.165) is 131 Å². The maximum absolute atomic E-state index is 14.1. The predicted molar refractivity (Wildman–Crippen MR) is 394 cm³/mol. The highest BCUT2D eigenvalue weighted by molar-refractivity contribution is 6.84. The fourth-order valence-corrected chi connectivity index (χ4v) is 12.8. The molecule has 0 bridgehead atoms. The summed E-state index contributed by atoms with van der Waals surface area (Å²) in [7, 11) is -3.18. The summed E-state index contributed by atoms with van der Waals surface area (Å²) in [5, 5.41) is 27.9. The zero-order valence-corrected chi connectivity index (χ0v) is 57.7. The molecule has 2 atom stereocenters. The van der Waals surface area contributed by atoms with Crippen LogP contribution in [0.3, 0.4) is 0 Å². The van der Waals surface area contributed by atoms with Crippen molar-refractivity contribution in [2.75, 3.05) is 10.6 Å². The zero-order valence-electron chi connectivity index (χ0n) is 55.7. The lowest BCUT2D eigenvalue weighted by atomic mass is 9.78. The van der Waals surface area contributed by atoms with E-state index in [1.54, 1.807) is 0 Å². The maximum Gasteiger partial charge on any atom is 0.336 e. The van der Waals surface area contributed by atoms with Crippen LogP contribution in [0.5, 0.6) is 0 Å². The second kappa shape index (κ2) is 32.2. The van der Waals surface area contributed by atoms with E-state index in [-0.39, 0.29) is 22.9 Å². The number of carboxylic acids is 2. The molecule has 1 aliphatic rings. The average molecular weight is 1280 g/mol. The van der Waals surface area contributed by atoms with Crippen LogP contribution in [0.25, 0.3) is 66.8 Å². The van der Waals surface area contributed by atoms with Crippen molar-refractivity contribution in [1.82, 2.24) is 0 Å². The summed E-state index contributed by atoms with van der Waals surface area (Å²) in [6.45, 7) is 17.6. The number of anilines is 2. The average Bonchev–Trinajstić information content (AvgIpc) is 0.798. The molecule has 0 spiro atoms. The summed E-state index contributed by atoms with van der Waals surface area (Å²) in [4.78, 5) is 54.7. The van der Waals surface area contributed by atoms with Gasteiger partial charge in [0.25, 0.3) is 0 Å². The topological polar surface area (TPSA) is 133 Å². The Balaban J connectivity index is 0.868. The van der Waals surface area contributed by atoms with E-state index in [2.05, 4.69) is 110 Å². The highest BCUT2D eigenvalue weighted by Gasteiger charge is 2.36. The Morgan fingerprint density at radius 1 is 0.383 bits per heavy atom. The van der Waals surface area contributed by atoms with E-state index < -0.39 is 39.9 Å². The number of aromatic carboxylic acids is 2. The van der Waals surface area contributed by atoms with Crippen molar-refractivity contribution in [2.45, 2.75) is 143 Å². The van der Waals surface area contributed by atoms with Crippen LogP contribution >= 0.6 is 0 Å². The van der Waals surface area contributed by atoms with Gasteiger partial charge in [-0.25, -0.2) is 9.59 Å². The summed E-state index contributed by atoms with van der Waals surface area (Å²) in [6, 6.07) is 54.2. The summed E-state index contributed by atoms with van der Waals surface area (Å²) in [5.74, 6) is 16.6. The summed E-state index contributed by atoms with van der Waals surface area (Å²) in [5.41, 5.74) is 20.9. The van der Waals surface area contributed by atoms with Crippen molar-refractivity contribution < 1.29 is 29.4 Å². The van der Waals surface area contributed by atoms with Crippen molar-refractivity contribution in [3.05, 3.63) is 203 Å². The number of nitrogens with one attached hydrogen (secondary N) is 2. The predicted octanol–water partition coefficient (Wildman–Crippen LogP) is 20.6. The number of hydrogen-bond donors (Lipinski definition) is 4. The van der Waals surface area contributed by atoms with Gasteiger partial charge >= 0.3 is 11.9 Å². The minimum absolute atomic E-state index is 0.194. The minimum Gasteiger partial charge on any atom is -0.478 e. The van der Waals surface area contributed by atoms with Gasteiger partial charge in [0.2, 0.25) is 11.8 Å². The van der Waals surface area contributed by atoms with Crippen LogP contribution in [0.15, 0.2) is 170 Å². The molecule has 0 aromatic heterocycles. The second-order valence-corrected chi connectivity index (χ2v) is 36.2. The third-order valence-corrected chi connectivity index (χ3v) is 18.6. The van der Waals surface area contributed by atoms with Crippen LogP contribution in [0.1, 0.15) is 147 Å². The van der Waals surface area contributed by atoms with Crippen molar-refractivity contribution in [1.29, 1.82) is 0 Å². The molecule has 0 aliphatic heterocycles. The molecule has 94 heavy (non-hydrogen) atoms. The smallest absolute Gasteiger partial charge is 0.336 e. The van der Waals surface area contributed by atoms with E-state index in [4.69, 9.17) is 0 Å². The van der Waals surface area contributed by atoms with Crippen LogP contribution in [0, 0.1) is 58.4 Å². The van der Waals surface area contributed by atoms with E-state index in [9.17, 15) is 29.4 Å². The van der Waals surface area contributed by atoms with Gasteiger partial charge in [-0.2, -0.15) is 0 Å². The molecule has 1 saturated carbocycles. The van der Waals surface area contributed by atoms with E-state index in [0.29, 0.717) is 46.5 Å². The molecular weight excluding hydrogens is 1190 g/mol. The van der Waals surface area contributed by atoms with Crippen molar-refractivity contribution in [2.24, 2.45) is 11.8 Å². The lowest BCUT2D eigenvalue weighted by Crippen LogP contribution is -2.38. The standard InChI is InChI=1S/C84H86N2O6Si2/c1-9-11-13-15-17-19-23-61-55-75(67-31-27-59(28-32-67)51-53-93(3,4)5)79(83(89)90)77(57-61)69-39-35-63(36-40-69)65-43-47-71(48-44-65)85-81(87)73-25-21-22-26-74(73)82(88)86-72-49-45-66(46-50-72)64-37-41-70(42-38-64)78-58-62(24-20-18-16-14-12-10-2)56-76(80(78)84(91)92)68-33-29-60(30-34-68)52-54-94(6,7)8/h27-50,55-58,73-74H,9-18,21-22,25-26H2,1-8H3,(H,85,87)(H,86,88)(H,89,90)(H,91,92)/t73-,74-/m1/s1. The van der Waals surface area contributed by atoms with Crippen LogP contribution in [0.2, 0.25) is 39.3 Å². The Morgan fingerprint density at radius 3 is 0.957 bits per heavy atom. The van der Waals surface area contributed by atoms with E-state index in [1.165, 1.54) is 12.8 Å². The SMILES string of the molecule is CCCCCCC#Cc1cc(-c2ccc(C#C[Si](C)(C)C)cc2)c(C(=O)O)c(-c2ccc(-c3ccc(NC(=O)[C@@H]4CCCC[C@H]4C(=O)Nc4ccc(-c5ccc(-c6cc(C#CCCCCCC)cc(-c7ccc(C#C[Si](C)(C)C)cc7)c6C(=O)O)cc5)cc4)cc3)cc2)c1. The van der Waals surface area contributed by atoms with Crippen molar-refractivity contribution >= 4 is 51.3 Å². The van der Waals surface area contributed by atoms with Crippen molar-refractivity contribution in [3.8, 4) is 113 Å². The molecule has 2 amide bonds. The van der Waals surface area contributed by atoms with Gasteiger partial charge in [0.15, 0.2) is 0 Å². The number of hydrogen-bond acceptors (Lipinski definition) is 4. The first kappa shape index (κ1) is 68.7. The first-order valence-corrected chi connectivity index (χ1v) is 40.3. The van der Waals surface area contributed by atoms with Crippen LogP contribution in [-0.4, -0.2) is 50.1 Å². The first-order chi connectivity index (χ1) is 45.2. The van der Waals surface area contributed by atoms with Gasteiger partial charge in [-0.1, -0.05) is 237 Å². The Morgan fingerprint density at radius 2 is 0.670 bits per heavy atom. The van der Waals surface area contributed by atoms with Gasteiger partial charge in [-0.05, 0) is 165 Å². The quantitative estimate of drug-likeness (QED) is 0.0341. The summed E-state index contributed by atoms with van der Waals surface area (Å²) >= 11 is 0. The molecule has 8 nitrogen and oxygen atoms in total. The molecule has 1 aliphatic carbocycles. The Bertz CT molecular complexity index is 4000. The molecule has 8 aromatic rings. The van der Waals surface area contributed by atoms with Crippen LogP contribution < -0.4 is 10.6 Å². The number of carbonyl (C=O) groups is 4. The van der Waals surface area contributed by atoms with Crippen LogP contribution in [-0.2, 0) is 9.59 Å². The fourth-order valence-electron chi connectivity index (χ4n) is 11.8. The maximum atomic E-state index is 14.1. The lowest BCUT2D eigenvalue weighted by Gasteiger charge is -2.29. The van der Waals surface area contributed by atoms with Gasteiger partial charge < -0.3 is 20.8 Å². The fraction of sp³-hybridized carbons (Fsp3) is 0.286. The molecule has 0 heterocycles. The van der Waals surface area contributed by atoms with E-state index in [1.807, 2.05) is 170 Å². The molecular formula is C84H86N2O6Si2. The number of carboxylic acid groups (broad SMARTS) is 2. The third-order valence-electron chi connectivity index (χ3n) is 16.8. The van der Waals surface area contributed by atoms with E-state index >= 15 is 0 Å². The molecule has 0 radical (unpaired) electrons. The van der Waals surface area contributed by atoms with Crippen molar-refractivity contribution in [3.63, 3.8) is 0 Å². The highest BCUT2D eigenvalue weighted by Crippen LogP contribution is 2.39. The zero-order chi connectivity index (χ0) is 66.8. The largest absolute Gasteiger partial charge is 0.478 e. The van der Waals surface area contributed by atoms with Gasteiger partial charge in [0.1, 0.15) is 16.1 Å². The Labute approximate surface area is 559 Å². The number of amides is 2. The lowest BCUT2D eigenvalue weighted by molar-refractivity contribution is -0.130. The molecule has 10 heteroatoms. The second-order valence-electron chi connectivity index (χ2n) is 26.7. The van der Waals surface area contributed by atoms with Gasteiger partial charge in [-0.15, -0.1) is 11.1 Å². The molecule has 4 N–H and O–H groups in total. The Hall–Kier alpha value is -9.69. The Kier molecular flexibility index (Phi) is 23.6. The number of benzene rings is 8. The van der Waals surface area contributed by atoms with Gasteiger partial charge in [-0.3, -0.25) is 9.59 Å². The molecule has 8 aromatic carbocycles. The minimum atomic E-state index is -1.59. The molecule has 0 unspecified atom stereocenters. The molecule has 0 saturated heterocycles. The van der Waals surface area contributed by atoms with Gasteiger partial charge in [0.05, 0.1) is 11.1 Å². The molecule has 476 valence electrons. The monoisotopic (exact) mass is 1270 g/mol. The number of carbonyl (C=O) groups excluding carboxylic acids is 2. The first-order valence-electron chi connectivity index (χ1n) is 33.3. The highest BCUT2D eigenvalue weighted by atomic mass is 28.3.